The zero-order chi connectivity index (χ0) is 13.7. The van der Waals surface area contributed by atoms with Gasteiger partial charge in [-0.25, -0.2) is 4.79 Å². The lowest BCUT2D eigenvalue weighted by molar-refractivity contribution is -0.113. The number of carboxylic acids is 1. The number of carbonyl (C=O) groups excluding carboxylic acids is 1. The zero-order valence-electron chi connectivity index (χ0n) is 9.91. The maximum atomic E-state index is 11.1. The summed E-state index contributed by atoms with van der Waals surface area (Å²) in [5.74, 6) is -1.86. The van der Waals surface area contributed by atoms with Gasteiger partial charge in [0.05, 0.1) is 5.56 Å². The van der Waals surface area contributed by atoms with Gasteiger partial charge in [-0.15, -0.1) is 10.2 Å². The zero-order valence-corrected chi connectivity index (χ0v) is 9.91. The third-order valence-electron chi connectivity index (χ3n) is 2.07. The molecule has 0 aromatic heterocycles. The van der Waals surface area contributed by atoms with Crippen molar-refractivity contribution in [3.05, 3.63) is 41.3 Å². The van der Waals surface area contributed by atoms with Crippen molar-refractivity contribution in [3.63, 3.8) is 0 Å². The maximum Gasteiger partial charge on any atom is 0.337 e. The normalized spacial score (nSPS) is 12.3. The number of nitrogens with zero attached hydrogens (tertiary/aromatic N) is 2. The Hall–Kier alpha value is -2.50. The van der Waals surface area contributed by atoms with Crippen LogP contribution in [-0.4, -0.2) is 22.0 Å². The van der Waals surface area contributed by atoms with Gasteiger partial charge in [0, 0.05) is 6.92 Å². The van der Waals surface area contributed by atoms with Crippen molar-refractivity contribution < 1.29 is 19.8 Å². The fourth-order valence-electron chi connectivity index (χ4n) is 1.24. The molecule has 6 nitrogen and oxygen atoms in total. The molecule has 0 fully saturated rings. The number of carbonyl (C=O) groups is 2. The molecule has 0 unspecified atom stereocenters. The number of aliphatic hydroxyl groups is 1. The van der Waals surface area contributed by atoms with E-state index in [4.69, 9.17) is 5.11 Å². The number of aliphatic hydroxyl groups excluding tert-OH is 1. The highest BCUT2D eigenvalue weighted by molar-refractivity contribution is 5.94. The average molecular weight is 248 g/mol. The van der Waals surface area contributed by atoms with Crippen LogP contribution in [0.4, 0.5) is 5.69 Å². The fraction of sp³-hybridized carbons (Fsp3) is 0.167. The van der Waals surface area contributed by atoms with Crippen LogP contribution in [-0.2, 0) is 4.79 Å². The number of aromatic carboxylic acids is 1. The van der Waals surface area contributed by atoms with Gasteiger partial charge in [-0.3, -0.25) is 4.79 Å². The summed E-state index contributed by atoms with van der Waals surface area (Å²) < 4.78 is 0. The lowest BCUT2D eigenvalue weighted by atomic mass is 10.2. The Bertz CT molecular complexity index is 543. The predicted octanol–water partition coefficient (Wildman–Crippen LogP) is 2.85. The maximum absolute atomic E-state index is 11.1. The van der Waals surface area contributed by atoms with Gasteiger partial charge in [-0.2, -0.15) is 0 Å². The quantitative estimate of drug-likeness (QED) is 0.486. The molecule has 0 heterocycles. The lowest BCUT2D eigenvalue weighted by Crippen LogP contribution is -1.98. The number of hydrogen-bond acceptors (Lipinski definition) is 5. The number of Topliss-reactive ketones (excluding diaryl/α,β-unsaturated/α-hetero) is 1. The second kappa shape index (κ2) is 5.72. The topological polar surface area (TPSA) is 99.3 Å². The van der Waals surface area contributed by atoms with E-state index < -0.39 is 11.8 Å². The van der Waals surface area contributed by atoms with Crippen LogP contribution in [0.5, 0.6) is 0 Å². The Labute approximate surface area is 103 Å². The van der Waals surface area contributed by atoms with Gasteiger partial charge in [0.15, 0.2) is 11.5 Å². The van der Waals surface area contributed by atoms with Gasteiger partial charge in [0.1, 0.15) is 11.4 Å². The van der Waals surface area contributed by atoms with E-state index in [-0.39, 0.29) is 22.7 Å². The number of azo groups is 1. The molecule has 6 heteroatoms. The molecule has 0 saturated carbocycles. The van der Waals surface area contributed by atoms with Crippen LogP contribution in [0, 0.1) is 0 Å². The molecule has 0 amide bonds. The average Bonchev–Trinajstić information content (AvgIpc) is 2.28. The van der Waals surface area contributed by atoms with E-state index in [1.165, 1.54) is 26.0 Å². The molecule has 0 aliphatic heterocycles. The van der Waals surface area contributed by atoms with Crippen molar-refractivity contribution >= 4 is 17.4 Å². The number of hydrogen-bond donors (Lipinski definition) is 2. The minimum absolute atomic E-state index is 0.0280. The number of rotatable bonds is 4. The van der Waals surface area contributed by atoms with E-state index in [1.807, 2.05) is 0 Å². The summed E-state index contributed by atoms with van der Waals surface area (Å²) in [6.45, 7) is 2.54. The van der Waals surface area contributed by atoms with E-state index in [9.17, 15) is 14.7 Å². The van der Waals surface area contributed by atoms with Gasteiger partial charge >= 0.3 is 5.97 Å². The van der Waals surface area contributed by atoms with E-state index >= 15 is 0 Å². The minimum Gasteiger partial charge on any atom is -0.510 e. The smallest absolute Gasteiger partial charge is 0.337 e. The first-order chi connectivity index (χ1) is 8.43. The molecule has 2 N–H and O–H groups in total. The van der Waals surface area contributed by atoms with Crippen molar-refractivity contribution in [2.45, 2.75) is 13.8 Å². The molecular weight excluding hydrogens is 236 g/mol. The summed E-state index contributed by atoms with van der Waals surface area (Å²) in [6.07, 6.45) is 0. The van der Waals surface area contributed by atoms with E-state index in [0.717, 1.165) is 0 Å². The Morgan fingerprint density at radius 2 is 1.72 bits per heavy atom. The standard InChI is InChI=1S/C12H12N2O4/c1-7(15)11(8(2)16)14-13-10-6-4-3-5-9(10)12(17)18/h3-6,15H,1-2H3,(H,17,18)/b11-7-,14-13?. The SMILES string of the molecule is CC(=O)/C(N=Nc1ccccc1C(=O)O)=C(\C)O. The van der Waals surface area contributed by atoms with Crippen LogP contribution in [0.1, 0.15) is 24.2 Å². The highest BCUT2D eigenvalue weighted by Crippen LogP contribution is 2.20. The van der Waals surface area contributed by atoms with Gasteiger partial charge in [-0.1, -0.05) is 12.1 Å². The Balaban J connectivity index is 3.16. The molecule has 0 aliphatic rings. The van der Waals surface area contributed by atoms with Gasteiger partial charge in [0.25, 0.3) is 0 Å². The first-order valence-electron chi connectivity index (χ1n) is 5.08. The Morgan fingerprint density at radius 3 is 2.22 bits per heavy atom. The molecule has 0 bridgehead atoms. The molecule has 0 aliphatic carbocycles. The van der Waals surface area contributed by atoms with Crippen LogP contribution >= 0.6 is 0 Å². The second-order valence-corrected chi connectivity index (χ2v) is 3.51. The van der Waals surface area contributed by atoms with Crippen LogP contribution < -0.4 is 0 Å². The summed E-state index contributed by atoms with van der Waals surface area (Å²) in [5, 5.41) is 25.4. The second-order valence-electron chi connectivity index (χ2n) is 3.51. The van der Waals surface area contributed by atoms with E-state index in [2.05, 4.69) is 10.2 Å². The first-order valence-corrected chi connectivity index (χ1v) is 5.08. The number of carboxylic acid groups (broad SMARTS) is 1. The summed E-state index contributed by atoms with van der Waals surface area (Å²) in [6, 6.07) is 5.99. The third-order valence-corrected chi connectivity index (χ3v) is 2.07. The minimum atomic E-state index is -1.14. The van der Waals surface area contributed by atoms with Gasteiger partial charge < -0.3 is 10.2 Å². The summed E-state index contributed by atoms with van der Waals surface area (Å²) in [4.78, 5) is 22.0. The van der Waals surface area contributed by atoms with E-state index in [1.54, 1.807) is 12.1 Å². The Kier molecular flexibility index (Phi) is 4.31. The number of allylic oxidation sites excluding steroid dienone is 2. The highest BCUT2D eigenvalue weighted by Gasteiger charge is 2.10. The summed E-state index contributed by atoms with van der Waals surface area (Å²) in [5.41, 5.74) is -0.111. The van der Waals surface area contributed by atoms with Crippen molar-refractivity contribution in [3.8, 4) is 0 Å². The number of benzene rings is 1. The van der Waals surface area contributed by atoms with Crippen molar-refractivity contribution in [2.75, 3.05) is 0 Å². The molecule has 0 saturated heterocycles. The third kappa shape index (κ3) is 3.24. The van der Waals surface area contributed by atoms with Crippen molar-refractivity contribution in [1.82, 2.24) is 0 Å². The van der Waals surface area contributed by atoms with Crippen LogP contribution in [0.25, 0.3) is 0 Å². The lowest BCUT2D eigenvalue weighted by Gasteiger charge is -2.00. The van der Waals surface area contributed by atoms with Gasteiger partial charge in [0.2, 0.25) is 0 Å². The van der Waals surface area contributed by atoms with Gasteiger partial charge in [-0.05, 0) is 19.1 Å². The van der Waals surface area contributed by atoms with Crippen LogP contribution in [0.2, 0.25) is 0 Å². The number of ketones is 1. The summed E-state index contributed by atoms with van der Waals surface area (Å²) >= 11 is 0. The molecule has 0 radical (unpaired) electrons. The molecular formula is C12H12N2O4. The van der Waals surface area contributed by atoms with Crippen LogP contribution in [0.15, 0.2) is 46.0 Å². The monoisotopic (exact) mass is 248 g/mol. The fourth-order valence-corrected chi connectivity index (χ4v) is 1.24. The molecule has 0 atom stereocenters. The highest BCUT2D eigenvalue weighted by atomic mass is 16.4. The molecule has 94 valence electrons. The van der Waals surface area contributed by atoms with E-state index in [0.29, 0.717) is 0 Å². The molecule has 1 aromatic rings. The molecule has 18 heavy (non-hydrogen) atoms. The Morgan fingerprint density at radius 1 is 1.11 bits per heavy atom. The molecule has 1 rings (SSSR count). The first kappa shape index (κ1) is 13.6. The predicted molar refractivity (Wildman–Crippen MR) is 63.9 cm³/mol. The van der Waals surface area contributed by atoms with Crippen molar-refractivity contribution in [1.29, 1.82) is 0 Å². The largest absolute Gasteiger partial charge is 0.510 e. The van der Waals surface area contributed by atoms with Crippen molar-refractivity contribution in [2.24, 2.45) is 10.2 Å². The molecule has 1 aromatic carbocycles. The molecule has 0 spiro atoms. The van der Waals surface area contributed by atoms with Crippen LogP contribution in [0.3, 0.4) is 0 Å². The summed E-state index contributed by atoms with van der Waals surface area (Å²) in [7, 11) is 0.